The Kier molecular flexibility index (Phi) is 7.56. The van der Waals surface area contributed by atoms with Crippen molar-refractivity contribution in [3.63, 3.8) is 0 Å². The summed E-state index contributed by atoms with van der Waals surface area (Å²) >= 11 is 0. The SMILES string of the molecule is N#Cc1ccc(O[C@@H]2[C@H](O)[C@@H](O)[C@@H](Oc3ccc(C#N)cc3)CS(=O)(=O)[C@@H]2Cc2ccccc2)cc1. The van der Waals surface area contributed by atoms with Crippen molar-refractivity contribution in [2.24, 2.45) is 0 Å². The van der Waals surface area contributed by atoms with Crippen molar-refractivity contribution in [1.82, 2.24) is 0 Å². The summed E-state index contributed by atoms with van der Waals surface area (Å²) < 4.78 is 39.0. The molecule has 36 heavy (non-hydrogen) atoms. The Hall–Kier alpha value is -3.89. The first-order valence-corrected chi connectivity index (χ1v) is 13.0. The predicted molar refractivity (Wildman–Crippen MR) is 131 cm³/mol. The van der Waals surface area contributed by atoms with E-state index in [2.05, 4.69) is 0 Å². The molecule has 1 aliphatic rings. The van der Waals surface area contributed by atoms with Crippen molar-refractivity contribution >= 4 is 9.84 Å². The number of aliphatic hydroxyl groups is 2. The molecule has 4 rings (SSSR count). The van der Waals surface area contributed by atoms with E-state index in [0.717, 1.165) is 5.56 Å². The summed E-state index contributed by atoms with van der Waals surface area (Å²) in [6, 6.07) is 25.0. The van der Waals surface area contributed by atoms with Gasteiger partial charge in [0, 0.05) is 0 Å². The lowest BCUT2D eigenvalue weighted by Crippen LogP contribution is -2.51. The predicted octanol–water partition coefficient (Wildman–Crippen LogP) is 2.39. The van der Waals surface area contributed by atoms with E-state index in [-0.39, 0.29) is 17.9 Å². The van der Waals surface area contributed by atoms with E-state index in [0.29, 0.717) is 11.1 Å². The van der Waals surface area contributed by atoms with Crippen molar-refractivity contribution in [3.05, 3.63) is 95.6 Å². The number of sulfone groups is 1. The first-order valence-electron chi connectivity index (χ1n) is 11.3. The molecule has 0 spiro atoms. The largest absolute Gasteiger partial charge is 0.487 e. The number of benzene rings is 3. The lowest BCUT2D eigenvalue weighted by Gasteiger charge is -2.31. The number of nitrogens with zero attached hydrogens (tertiary/aromatic N) is 2. The van der Waals surface area contributed by atoms with Crippen LogP contribution in [0.4, 0.5) is 0 Å². The van der Waals surface area contributed by atoms with Crippen LogP contribution in [0.2, 0.25) is 0 Å². The minimum atomic E-state index is -3.96. The van der Waals surface area contributed by atoms with Crippen LogP contribution in [0.25, 0.3) is 0 Å². The number of hydrogen-bond acceptors (Lipinski definition) is 8. The minimum Gasteiger partial charge on any atom is -0.487 e. The molecule has 0 aliphatic carbocycles. The van der Waals surface area contributed by atoms with Gasteiger partial charge in [0.25, 0.3) is 0 Å². The average molecular weight is 505 g/mol. The third kappa shape index (κ3) is 5.67. The average Bonchev–Trinajstić information content (AvgIpc) is 2.95. The summed E-state index contributed by atoms with van der Waals surface area (Å²) in [5.41, 5.74) is 1.52. The smallest absolute Gasteiger partial charge is 0.160 e. The molecule has 3 aromatic carbocycles. The maximum Gasteiger partial charge on any atom is 0.160 e. The Labute approximate surface area is 209 Å². The molecule has 5 atom stereocenters. The van der Waals surface area contributed by atoms with Crippen molar-refractivity contribution < 1.29 is 28.1 Å². The minimum absolute atomic E-state index is 0.0531. The molecular formula is C27H24N2O6S. The Bertz CT molecular complexity index is 1360. The number of nitriles is 2. The maximum atomic E-state index is 13.6. The summed E-state index contributed by atoms with van der Waals surface area (Å²) in [5, 5.41) is 39.0. The number of ether oxygens (including phenoxy) is 2. The Morgan fingerprint density at radius 2 is 1.31 bits per heavy atom. The van der Waals surface area contributed by atoms with E-state index in [9.17, 15) is 18.6 Å². The van der Waals surface area contributed by atoms with Crippen LogP contribution in [0.15, 0.2) is 78.9 Å². The van der Waals surface area contributed by atoms with E-state index < -0.39 is 45.3 Å². The van der Waals surface area contributed by atoms with Gasteiger partial charge in [-0.3, -0.25) is 0 Å². The summed E-state index contributed by atoms with van der Waals surface area (Å²) in [6.07, 6.45) is -5.72. The highest BCUT2D eigenvalue weighted by Gasteiger charge is 2.50. The van der Waals surface area contributed by atoms with E-state index >= 15 is 0 Å². The molecule has 0 bridgehead atoms. The van der Waals surface area contributed by atoms with Crippen molar-refractivity contribution in [3.8, 4) is 23.6 Å². The van der Waals surface area contributed by atoms with Crippen molar-refractivity contribution in [2.75, 3.05) is 5.75 Å². The Balaban J connectivity index is 1.69. The first-order chi connectivity index (χ1) is 17.3. The van der Waals surface area contributed by atoms with Crippen molar-refractivity contribution in [1.29, 1.82) is 10.5 Å². The zero-order chi connectivity index (χ0) is 25.7. The quantitative estimate of drug-likeness (QED) is 0.521. The lowest BCUT2D eigenvalue weighted by atomic mass is 9.97. The standard InChI is InChI=1S/C27H24N2O6S/c28-15-19-6-10-21(11-7-19)34-23-17-36(32,33)24(14-18-4-2-1-3-5-18)27(26(31)25(23)30)35-22-12-8-20(16-29)9-13-22/h1-13,23-27,30-31H,14,17H2/t23-,24+,25-,26+,27-/m0/s1. The number of rotatable bonds is 6. The monoisotopic (exact) mass is 504 g/mol. The van der Waals surface area contributed by atoms with Gasteiger partial charge in [-0.15, -0.1) is 0 Å². The normalized spacial score (nSPS) is 25.1. The molecule has 1 heterocycles. The molecule has 0 saturated carbocycles. The van der Waals surface area contributed by atoms with Gasteiger partial charge in [-0.05, 0) is 60.5 Å². The van der Waals surface area contributed by atoms with Gasteiger partial charge in [0.15, 0.2) is 9.84 Å². The molecule has 0 amide bonds. The third-order valence-electron chi connectivity index (χ3n) is 6.10. The number of hydrogen-bond donors (Lipinski definition) is 2. The summed E-state index contributed by atoms with van der Waals surface area (Å²) in [4.78, 5) is 0. The second-order valence-corrected chi connectivity index (χ2v) is 10.8. The van der Waals surface area contributed by atoms with Gasteiger partial charge >= 0.3 is 0 Å². The van der Waals surface area contributed by atoms with Gasteiger partial charge in [-0.1, -0.05) is 30.3 Å². The fraction of sp³-hybridized carbons (Fsp3) is 0.259. The molecule has 1 fully saturated rings. The van der Waals surface area contributed by atoms with Gasteiger partial charge in [0.05, 0.1) is 29.0 Å². The third-order valence-corrected chi connectivity index (χ3v) is 8.25. The highest BCUT2D eigenvalue weighted by molar-refractivity contribution is 7.92. The van der Waals surface area contributed by atoms with Gasteiger partial charge < -0.3 is 19.7 Å². The summed E-state index contributed by atoms with van der Waals surface area (Å²) in [7, 11) is -3.96. The van der Waals surface area contributed by atoms with Gasteiger partial charge in [0.2, 0.25) is 0 Å². The highest BCUT2D eigenvalue weighted by atomic mass is 32.2. The zero-order valence-electron chi connectivity index (χ0n) is 19.1. The zero-order valence-corrected chi connectivity index (χ0v) is 20.0. The Morgan fingerprint density at radius 3 is 1.83 bits per heavy atom. The van der Waals surface area contributed by atoms with Crippen LogP contribution in [0.5, 0.6) is 11.5 Å². The van der Waals surface area contributed by atoms with Crippen LogP contribution < -0.4 is 9.47 Å². The van der Waals surface area contributed by atoms with Gasteiger partial charge in [0.1, 0.15) is 41.2 Å². The van der Waals surface area contributed by atoms with E-state index in [1.807, 2.05) is 18.2 Å². The topological polar surface area (TPSA) is 141 Å². The van der Waals surface area contributed by atoms with Gasteiger partial charge in [-0.2, -0.15) is 10.5 Å². The second-order valence-electron chi connectivity index (χ2n) is 8.55. The second kappa shape index (κ2) is 10.8. The van der Waals surface area contributed by atoms with Crippen LogP contribution in [0, 0.1) is 22.7 Å². The van der Waals surface area contributed by atoms with Crippen LogP contribution in [-0.2, 0) is 16.3 Å². The Morgan fingerprint density at radius 1 is 0.778 bits per heavy atom. The molecule has 0 radical (unpaired) electrons. The molecule has 9 heteroatoms. The van der Waals surface area contributed by atoms with E-state index in [1.165, 1.54) is 48.5 Å². The van der Waals surface area contributed by atoms with Crippen LogP contribution >= 0.6 is 0 Å². The number of aliphatic hydroxyl groups excluding tert-OH is 2. The fourth-order valence-corrected chi connectivity index (χ4v) is 6.22. The molecule has 1 saturated heterocycles. The molecular weight excluding hydrogens is 480 g/mol. The fourth-order valence-electron chi connectivity index (χ4n) is 4.18. The van der Waals surface area contributed by atoms with Crippen LogP contribution in [-0.4, -0.2) is 54.0 Å². The van der Waals surface area contributed by atoms with Crippen molar-refractivity contribution in [2.45, 2.75) is 36.1 Å². The summed E-state index contributed by atoms with van der Waals surface area (Å²) in [5.74, 6) is -0.0350. The van der Waals surface area contributed by atoms with Crippen LogP contribution in [0.3, 0.4) is 0 Å². The molecule has 3 aromatic rings. The molecule has 0 aromatic heterocycles. The summed E-state index contributed by atoms with van der Waals surface area (Å²) in [6.45, 7) is 0. The molecule has 0 unspecified atom stereocenters. The molecule has 1 aliphatic heterocycles. The first kappa shape index (κ1) is 25.2. The molecule has 184 valence electrons. The molecule has 2 N–H and O–H groups in total. The highest BCUT2D eigenvalue weighted by Crippen LogP contribution is 2.30. The van der Waals surface area contributed by atoms with E-state index in [1.54, 1.807) is 24.3 Å². The van der Waals surface area contributed by atoms with E-state index in [4.69, 9.17) is 20.0 Å². The maximum absolute atomic E-state index is 13.6. The van der Waals surface area contributed by atoms with Crippen LogP contribution in [0.1, 0.15) is 16.7 Å². The lowest BCUT2D eigenvalue weighted by molar-refractivity contribution is -0.0822. The molecule has 8 nitrogen and oxygen atoms in total. The van der Waals surface area contributed by atoms with Gasteiger partial charge in [-0.25, -0.2) is 8.42 Å².